The van der Waals surface area contributed by atoms with Crippen molar-refractivity contribution < 1.29 is 4.39 Å². The SMILES string of the molecule is [C-]#[N+]c1ccc(F)cc1N1CCN(Cc2ccc3c4c(c(=O)[nH]c3c2)CCCN4)CC1. The van der Waals surface area contributed by atoms with E-state index in [-0.39, 0.29) is 11.4 Å². The van der Waals surface area contributed by atoms with Crippen LogP contribution in [-0.2, 0) is 13.0 Å². The van der Waals surface area contributed by atoms with Crippen molar-refractivity contribution >= 4 is 28.0 Å². The molecule has 0 radical (unpaired) electrons. The first-order chi connectivity index (χ1) is 15.1. The first-order valence-corrected chi connectivity index (χ1v) is 10.7. The van der Waals surface area contributed by atoms with E-state index in [2.05, 4.69) is 43.1 Å². The van der Waals surface area contributed by atoms with E-state index in [0.29, 0.717) is 11.4 Å². The second-order valence-electron chi connectivity index (χ2n) is 8.23. The van der Waals surface area contributed by atoms with Gasteiger partial charge in [0.05, 0.1) is 17.8 Å². The maximum absolute atomic E-state index is 13.7. The number of aromatic amines is 1. The van der Waals surface area contributed by atoms with Crippen LogP contribution < -0.4 is 15.8 Å². The molecule has 3 aromatic rings. The van der Waals surface area contributed by atoms with Crippen LogP contribution in [0.2, 0.25) is 0 Å². The zero-order valence-corrected chi connectivity index (χ0v) is 17.2. The second-order valence-corrected chi connectivity index (χ2v) is 8.23. The Morgan fingerprint density at radius 3 is 2.74 bits per heavy atom. The molecular formula is C24H24FN5O. The van der Waals surface area contributed by atoms with Crippen LogP contribution in [0.3, 0.4) is 0 Å². The Morgan fingerprint density at radius 1 is 1.10 bits per heavy atom. The number of pyridine rings is 1. The highest BCUT2D eigenvalue weighted by Gasteiger charge is 2.21. The summed E-state index contributed by atoms with van der Waals surface area (Å²) in [7, 11) is 0. The molecule has 2 N–H and O–H groups in total. The van der Waals surface area contributed by atoms with Gasteiger partial charge in [0.25, 0.3) is 5.56 Å². The van der Waals surface area contributed by atoms with Gasteiger partial charge in [-0.1, -0.05) is 18.2 Å². The largest absolute Gasteiger partial charge is 0.384 e. The standard InChI is InChI=1S/C24H24FN5O/c1-26-20-7-5-17(25)14-22(20)30-11-9-29(10-12-30)15-16-4-6-18-21(13-16)28-24(31)19-3-2-8-27-23(18)19/h4-7,13-14,27H,2-3,8-12,15H2,(H,28,31). The van der Waals surface area contributed by atoms with Crippen molar-refractivity contribution in [2.75, 3.05) is 42.9 Å². The van der Waals surface area contributed by atoms with E-state index in [0.717, 1.165) is 79.8 Å². The molecule has 0 saturated carbocycles. The number of benzene rings is 2. The van der Waals surface area contributed by atoms with Crippen molar-refractivity contribution in [3.63, 3.8) is 0 Å². The van der Waals surface area contributed by atoms with Crippen LogP contribution in [0.5, 0.6) is 0 Å². The molecule has 2 aliphatic rings. The average Bonchev–Trinajstić information content (AvgIpc) is 2.80. The molecule has 2 aliphatic heterocycles. The molecule has 0 bridgehead atoms. The third-order valence-corrected chi connectivity index (χ3v) is 6.26. The van der Waals surface area contributed by atoms with Gasteiger partial charge in [-0.2, -0.15) is 0 Å². The summed E-state index contributed by atoms with van der Waals surface area (Å²) in [5, 5.41) is 4.47. The Bertz CT molecular complexity index is 1240. The lowest BCUT2D eigenvalue weighted by Crippen LogP contribution is -2.46. The van der Waals surface area contributed by atoms with E-state index in [4.69, 9.17) is 6.57 Å². The Labute approximate surface area is 180 Å². The van der Waals surface area contributed by atoms with Crippen LogP contribution in [0.15, 0.2) is 41.2 Å². The summed E-state index contributed by atoms with van der Waals surface area (Å²) in [6.07, 6.45) is 1.80. The number of halogens is 1. The molecule has 5 rings (SSSR count). The van der Waals surface area contributed by atoms with Gasteiger partial charge in [-0.25, -0.2) is 9.24 Å². The fourth-order valence-electron chi connectivity index (χ4n) is 4.65. The lowest BCUT2D eigenvalue weighted by Gasteiger charge is -2.36. The topological polar surface area (TPSA) is 55.7 Å². The summed E-state index contributed by atoms with van der Waals surface area (Å²) < 4.78 is 13.7. The molecule has 1 aromatic heterocycles. The van der Waals surface area contributed by atoms with Gasteiger partial charge in [0, 0.05) is 55.9 Å². The Hall–Kier alpha value is -3.37. The summed E-state index contributed by atoms with van der Waals surface area (Å²) >= 11 is 0. The van der Waals surface area contributed by atoms with Gasteiger partial charge in [0.1, 0.15) is 5.82 Å². The summed E-state index contributed by atoms with van der Waals surface area (Å²) in [4.78, 5) is 23.5. The number of hydrogen-bond acceptors (Lipinski definition) is 4. The summed E-state index contributed by atoms with van der Waals surface area (Å²) in [6.45, 7) is 12.2. The van der Waals surface area contributed by atoms with Crippen molar-refractivity contribution in [3.05, 3.63) is 75.1 Å². The van der Waals surface area contributed by atoms with Gasteiger partial charge in [0.2, 0.25) is 5.69 Å². The number of fused-ring (bicyclic) bond motifs is 3. The van der Waals surface area contributed by atoms with E-state index < -0.39 is 0 Å². The maximum Gasteiger partial charge on any atom is 0.253 e. The van der Waals surface area contributed by atoms with Crippen molar-refractivity contribution in [3.8, 4) is 0 Å². The fourth-order valence-corrected chi connectivity index (χ4v) is 4.65. The molecule has 0 unspecified atom stereocenters. The third kappa shape index (κ3) is 3.75. The van der Waals surface area contributed by atoms with E-state index in [9.17, 15) is 9.18 Å². The van der Waals surface area contributed by atoms with Crippen molar-refractivity contribution in [2.24, 2.45) is 0 Å². The van der Waals surface area contributed by atoms with Gasteiger partial charge in [0.15, 0.2) is 0 Å². The minimum absolute atomic E-state index is 0.00571. The number of nitrogens with one attached hydrogen (secondary N) is 2. The van der Waals surface area contributed by atoms with Crippen LogP contribution in [0.25, 0.3) is 15.7 Å². The molecule has 1 fully saturated rings. The Kier molecular flexibility index (Phi) is 5.08. The van der Waals surface area contributed by atoms with Crippen LogP contribution in [-0.4, -0.2) is 42.6 Å². The van der Waals surface area contributed by atoms with Gasteiger partial charge in [-0.05, 0) is 36.6 Å². The van der Waals surface area contributed by atoms with Crippen LogP contribution in [0, 0.1) is 12.4 Å². The van der Waals surface area contributed by atoms with Crippen molar-refractivity contribution in [1.29, 1.82) is 0 Å². The van der Waals surface area contributed by atoms with Crippen LogP contribution in [0.4, 0.5) is 21.5 Å². The molecule has 1 saturated heterocycles. The average molecular weight is 417 g/mol. The summed E-state index contributed by atoms with van der Waals surface area (Å²) in [5.41, 5.74) is 5.04. The normalized spacial score (nSPS) is 16.6. The number of H-pyrrole nitrogens is 1. The molecule has 158 valence electrons. The molecule has 3 heterocycles. The molecule has 0 amide bonds. The fraction of sp³-hybridized carbons (Fsp3) is 0.333. The van der Waals surface area contributed by atoms with Crippen molar-refractivity contribution in [1.82, 2.24) is 9.88 Å². The van der Waals surface area contributed by atoms with E-state index >= 15 is 0 Å². The molecule has 7 heteroatoms. The van der Waals surface area contributed by atoms with E-state index in [1.807, 2.05) is 0 Å². The highest BCUT2D eigenvalue weighted by Crippen LogP contribution is 2.31. The van der Waals surface area contributed by atoms with Crippen LogP contribution in [0.1, 0.15) is 17.5 Å². The number of rotatable bonds is 3. The van der Waals surface area contributed by atoms with Crippen molar-refractivity contribution in [2.45, 2.75) is 19.4 Å². The predicted octanol–water partition coefficient (Wildman–Crippen LogP) is 3.90. The first kappa shape index (κ1) is 19.6. The molecule has 6 nitrogen and oxygen atoms in total. The number of nitrogens with zero attached hydrogens (tertiary/aromatic N) is 3. The summed E-state index contributed by atoms with van der Waals surface area (Å²) in [6, 6.07) is 10.6. The summed E-state index contributed by atoms with van der Waals surface area (Å²) in [5.74, 6) is -0.313. The lowest BCUT2D eigenvalue weighted by atomic mass is 10.0. The van der Waals surface area contributed by atoms with E-state index in [1.165, 1.54) is 12.1 Å². The highest BCUT2D eigenvalue weighted by molar-refractivity contribution is 5.93. The quantitative estimate of drug-likeness (QED) is 0.635. The maximum atomic E-state index is 13.7. The predicted molar refractivity (Wildman–Crippen MR) is 122 cm³/mol. The second kappa shape index (κ2) is 8.05. The number of aromatic nitrogens is 1. The minimum atomic E-state index is -0.313. The zero-order chi connectivity index (χ0) is 21.4. The number of anilines is 2. The highest BCUT2D eigenvalue weighted by atomic mass is 19.1. The first-order valence-electron chi connectivity index (χ1n) is 10.7. The molecule has 31 heavy (non-hydrogen) atoms. The molecule has 0 aliphatic carbocycles. The van der Waals surface area contributed by atoms with E-state index in [1.54, 1.807) is 6.07 Å². The lowest BCUT2D eigenvalue weighted by molar-refractivity contribution is 0.250. The van der Waals surface area contributed by atoms with Gasteiger partial charge < -0.3 is 15.2 Å². The number of piperazine rings is 1. The zero-order valence-electron chi connectivity index (χ0n) is 17.2. The number of hydrogen-bond donors (Lipinski definition) is 2. The van der Waals surface area contributed by atoms with Gasteiger partial charge in [-0.15, -0.1) is 0 Å². The molecule has 0 spiro atoms. The minimum Gasteiger partial charge on any atom is -0.384 e. The smallest absolute Gasteiger partial charge is 0.253 e. The Balaban J connectivity index is 1.31. The Morgan fingerprint density at radius 2 is 1.94 bits per heavy atom. The molecule has 2 aromatic carbocycles. The molecular weight excluding hydrogens is 393 g/mol. The monoisotopic (exact) mass is 417 g/mol. The van der Waals surface area contributed by atoms with Gasteiger partial charge in [-0.3, -0.25) is 9.69 Å². The van der Waals surface area contributed by atoms with Crippen LogP contribution >= 0.6 is 0 Å². The third-order valence-electron chi connectivity index (χ3n) is 6.26. The molecule has 0 atom stereocenters. The van der Waals surface area contributed by atoms with Gasteiger partial charge >= 0.3 is 0 Å².